The predicted molar refractivity (Wildman–Crippen MR) is 67.0 cm³/mol. The molecule has 86 valence electrons. The van der Waals surface area contributed by atoms with E-state index in [1.807, 2.05) is 54.9 Å². The Morgan fingerprint density at radius 2 is 1.00 bits per heavy atom. The zero-order valence-corrected chi connectivity index (χ0v) is 9.85. The van der Waals surface area contributed by atoms with Crippen molar-refractivity contribution in [3.05, 3.63) is 67.0 Å². The minimum absolute atomic E-state index is 1.06. The van der Waals surface area contributed by atoms with Crippen LogP contribution in [0, 0.1) is 0 Å². The lowest BCUT2D eigenvalue weighted by Crippen LogP contribution is -2.19. The first-order chi connectivity index (χ1) is 8.93. The molecule has 0 aromatic carbocycles. The third kappa shape index (κ3) is 2.11. The van der Waals surface area contributed by atoms with E-state index >= 15 is 0 Å². The number of hydrogen-bond acceptors (Lipinski definition) is 0. The van der Waals surface area contributed by atoms with Crippen molar-refractivity contribution in [3.63, 3.8) is 0 Å². The fourth-order valence-electron chi connectivity index (χ4n) is 1.90. The van der Waals surface area contributed by atoms with Crippen LogP contribution in [0.3, 0.4) is 0 Å². The smallest absolute Gasteiger partial charge is 0.206 e. The lowest BCUT2D eigenvalue weighted by Gasteiger charge is -1.91. The molecule has 0 radical (unpaired) electrons. The first-order valence-corrected chi connectivity index (χ1v) is 5.90. The predicted octanol–water partition coefficient (Wildman–Crippen LogP) is 1.46. The number of pyridine rings is 3. The van der Waals surface area contributed by atoms with Gasteiger partial charge in [0.1, 0.15) is 0 Å². The van der Waals surface area contributed by atoms with Crippen LogP contribution in [0.4, 0.5) is 0 Å². The van der Waals surface area contributed by atoms with E-state index in [0.29, 0.717) is 0 Å². The number of aromatic nitrogens is 3. The van der Waals surface area contributed by atoms with Crippen molar-refractivity contribution in [1.82, 2.24) is 0 Å². The molecule has 0 aliphatic heterocycles. The van der Waals surface area contributed by atoms with Gasteiger partial charge in [0.2, 0.25) is 0 Å². The van der Waals surface area contributed by atoms with E-state index in [1.54, 1.807) is 0 Å². The molecule has 0 saturated carbocycles. The van der Waals surface area contributed by atoms with Crippen LogP contribution in [0.15, 0.2) is 67.0 Å². The lowest BCUT2D eigenvalue weighted by atomic mass is 10.2. The van der Waals surface area contributed by atoms with E-state index in [0.717, 1.165) is 22.8 Å². The molecular weight excluding hydrogens is 222 g/mol. The molecule has 0 bridgehead atoms. The molecule has 0 unspecified atom stereocenters. The summed E-state index contributed by atoms with van der Waals surface area (Å²) in [5.41, 5.74) is 4.25. The Kier molecular flexibility index (Phi) is 2.80. The standard InChI is InChI=1S/C15H11N3/c1-3-10-16-12(6-1)14-8-5-9-15(18-14)13-7-2-4-11-17-13/h1-11H/p+3. The van der Waals surface area contributed by atoms with Gasteiger partial charge < -0.3 is 0 Å². The summed E-state index contributed by atoms with van der Waals surface area (Å²) in [7, 11) is 0. The van der Waals surface area contributed by atoms with Crippen LogP contribution >= 0.6 is 0 Å². The zero-order valence-electron chi connectivity index (χ0n) is 9.85. The molecular formula is C15H14N3+3. The Morgan fingerprint density at radius 3 is 1.44 bits per heavy atom. The SMILES string of the molecule is c1ccc(-c2cccc(-c3cccc[nH+]3)[nH+]2)[nH+]c1. The maximum atomic E-state index is 3.41. The van der Waals surface area contributed by atoms with Gasteiger partial charge in [-0.1, -0.05) is 0 Å². The molecule has 0 spiro atoms. The van der Waals surface area contributed by atoms with Crippen LogP contribution in [0.5, 0.6) is 0 Å². The first kappa shape index (κ1) is 10.6. The summed E-state index contributed by atoms with van der Waals surface area (Å²) in [5, 5.41) is 0. The largest absolute Gasteiger partial charge is 0.276 e. The van der Waals surface area contributed by atoms with Crippen molar-refractivity contribution < 1.29 is 15.0 Å². The highest BCUT2D eigenvalue weighted by Crippen LogP contribution is 2.12. The third-order valence-electron chi connectivity index (χ3n) is 2.79. The second-order valence-electron chi connectivity index (χ2n) is 4.03. The molecule has 3 aromatic heterocycles. The topological polar surface area (TPSA) is 42.4 Å². The summed E-state index contributed by atoms with van der Waals surface area (Å²) in [6.45, 7) is 0. The van der Waals surface area contributed by atoms with Crippen LogP contribution in [0.2, 0.25) is 0 Å². The Balaban J connectivity index is 2.05. The molecule has 0 saturated heterocycles. The molecule has 0 fully saturated rings. The van der Waals surface area contributed by atoms with Gasteiger partial charge in [-0.3, -0.25) is 0 Å². The number of nitrogens with one attached hydrogen (secondary N) is 3. The van der Waals surface area contributed by atoms with Crippen LogP contribution in [-0.4, -0.2) is 0 Å². The van der Waals surface area contributed by atoms with E-state index in [9.17, 15) is 0 Å². The highest BCUT2D eigenvalue weighted by molar-refractivity contribution is 5.51. The van der Waals surface area contributed by atoms with E-state index in [2.05, 4.69) is 27.1 Å². The fourth-order valence-corrected chi connectivity index (χ4v) is 1.90. The minimum atomic E-state index is 1.06. The van der Waals surface area contributed by atoms with Crippen molar-refractivity contribution in [2.24, 2.45) is 0 Å². The van der Waals surface area contributed by atoms with Crippen LogP contribution in [0.1, 0.15) is 0 Å². The summed E-state index contributed by atoms with van der Waals surface area (Å²) >= 11 is 0. The molecule has 18 heavy (non-hydrogen) atoms. The molecule has 3 N–H and O–H groups in total. The third-order valence-corrected chi connectivity index (χ3v) is 2.79. The van der Waals surface area contributed by atoms with Crippen molar-refractivity contribution >= 4 is 0 Å². The van der Waals surface area contributed by atoms with E-state index in [4.69, 9.17) is 0 Å². The second-order valence-corrected chi connectivity index (χ2v) is 4.03. The normalized spacial score (nSPS) is 10.2. The van der Waals surface area contributed by atoms with Crippen molar-refractivity contribution in [1.29, 1.82) is 0 Å². The quantitative estimate of drug-likeness (QED) is 0.646. The first-order valence-electron chi connectivity index (χ1n) is 5.90. The Bertz CT molecular complexity index is 581. The monoisotopic (exact) mass is 236 g/mol. The summed E-state index contributed by atoms with van der Waals surface area (Å²) < 4.78 is 0. The fraction of sp³-hybridized carbons (Fsp3) is 0. The summed E-state index contributed by atoms with van der Waals surface area (Å²) in [6, 6.07) is 18.2. The molecule has 0 aliphatic rings. The summed E-state index contributed by atoms with van der Waals surface area (Å²) in [5.74, 6) is 0. The molecule has 0 atom stereocenters. The molecule has 3 aromatic rings. The van der Waals surface area contributed by atoms with Crippen molar-refractivity contribution in [3.8, 4) is 22.8 Å². The van der Waals surface area contributed by atoms with Gasteiger partial charge in [0, 0.05) is 36.4 Å². The van der Waals surface area contributed by atoms with Gasteiger partial charge >= 0.3 is 0 Å². The Labute approximate surface area is 105 Å². The zero-order chi connectivity index (χ0) is 12.2. The molecule has 3 heteroatoms. The average Bonchev–Trinajstić information content (AvgIpc) is 2.49. The van der Waals surface area contributed by atoms with E-state index in [-0.39, 0.29) is 0 Å². The number of H-pyrrole nitrogens is 3. The van der Waals surface area contributed by atoms with Gasteiger partial charge in [-0.25, -0.2) is 9.97 Å². The maximum absolute atomic E-state index is 3.41. The van der Waals surface area contributed by atoms with E-state index in [1.165, 1.54) is 0 Å². The molecule has 3 rings (SSSR count). The maximum Gasteiger partial charge on any atom is 0.276 e. The van der Waals surface area contributed by atoms with Gasteiger partial charge in [-0.15, -0.1) is 0 Å². The molecule has 0 aliphatic carbocycles. The van der Waals surface area contributed by atoms with Gasteiger partial charge in [-0.2, -0.15) is 4.98 Å². The molecule has 3 nitrogen and oxygen atoms in total. The van der Waals surface area contributed by atoms with Crippen molar-refractivity contribution in [2.45, 2.75) is 0 Å². The summed E-state index contributed by atoms with van der Waals surface area (Å²) in [6.07, 6.45) is 3.84. The Hall–Kier alpha value is -2.55. The number of hydrogen-bond donors (Lipinski definition) is 0. The number of rotatable bonds is 2. The summed E-state index contributed by atoms with van der Waals surface area (Å²) in [4.78, 5) is 9.86. The molecule has 3 heterocycles. The number of aromatic amines is 3. The van der Waals surface area contributed by atoms with Crippen LogP contribution in [0.25, 0.3) is 22.8 Å². The van der Waals surface area contributed by atoms with Crippen LogP contribution in [-0.2, 0) is 0 Å². The van der Waals surface area contributed by atoms with E-state index < -0.39 is 0 Å². The van der Waals surface area contributed by atoms with Gasteiger partial charge in [0.15, 0.2) is 12.4 Å². The highest BCUT2D eigenvalue weighted by atomic mass is 14.8. The lowest BCUT2D eigenvalue weighted by molar-refractivity contribution is -0.411. The van der Waals surface area contributed by atoms with Gasteiger partial charge in [-0.05, 0) is 18.2 Å². The minimum Gasteiger partial charge on any atom is -0.206 e. The second kappa shape index (κ2) is 4.75. The average molecular weight is 236 g/mol. The van der Waals surface area contributed by atoms with Crippen LogP contribution < -0.4 is 15.0 Å². The molecule has 0 amide bonds. The van der Waals surface area contributed by atoms with Gasteiger partial charge in [0.25, 0.3) is 22.8 Å². The van der Waals surface area contributed by atoms with Crippen molar-refractivity contribution in [2.75, 3.05) is 0 Å². The highest BCUT2D eigenvalue weighted by Gasteiger charge is 2.17. The Morgan fingerprint density at radius 1 is 0.500 bits per heavy atom. The van der Waals surface area contributed by atoms with Gasteiger partial charge in [0.05, 0.1) is 0 Å².